The molecule has 0 unspecified atom stereocenters. The number of carboxylic acid groups (broad SMARTS) is 1. The maximum absolute atomic E-state index is 11.8. The standard InChI is InChI=1S/C17H19ClN2O4/c1-17(2,3)24-16(23)20-13(15(21)22)9-11-8-10-6-4-5-7-12(10)19-14(11)18/h4-8,13H,9H2,1-3H3,(H,20,23)(H,21,22)/t13-/m1/s1. The molecule has 1 aromatic carbocycles. The van der Waals surface area contributed by atoms with E-state index in [1.807, 2.05) is 24.3 Å². The smallest absolute Gasteiger partial charge is 0.408 e. The first-order valence-electron chi connectivity index (χ1n) is 7.42. The number of pyridine rings is 1. The summed E-state index contributed by atoms with van der Waals surface area (Å²) < 4.78 is 5.09. The maximum atomic E-state index is 11.8. The number of hydrogen-bond donors (Lipinski definition) is 2. The third-order valence-electron chi connectivity index (χ3n) is 3.16. The first-order valence-corrected chi connectivity index (χ1v) is 7.80. The fraction of sp³-hybridized carbons (Fsp3) is 0.353. The van der Waals surface area contributed by atoms with Crippen molar-refractivity contribution < 1.29 is 19.4 Å². The molecule has 6 nitrogen and oxygen atoms in total. The second kappa shape index (κ2) is 7.05. The first-order chi connectivity index (χ1) is 11.2. The Balaban J connectivity index is 2.20. The van der Waals surface area contributed by atoms with Crippen molar-refractivity contribution in [1.29, 1.82) is 0 Å². The van der Waals surface area contributed by atoms with Crippen LogP contribution in [0.1, 0.15) is 26.3 Å². The van der Waals surface area contributed by atoms with Crippen LogP contribution in [0, 0.1) is 0 Å². The molecule has 2 aromatic rings. The van der Waals surface area contributed by atoms with E-state index in [-0.39, 0.29) is 11.6 Å². The van der Waals surface area contributed by atoms with Crippen LogP contribution in [0.15, 0.2) is 30.3 Å². The molecule has 0 saturated heterocycles. The number of carboxylic acids is 1. The zero-order valence-electron chi connectivity index (χ0n) is 13.7. The largest absolute Gasteiger partial charge is 0.480 e. The molecule has 1 aromatic heterocycles. The highest BCUT2D eigenvalue weighted by molar-refractivity contribution is 6.30. The minimum absolute atomic E-state index is 0.00520. The average Bonchev–Trinajstić information content (AvgIpc) is 2.45. The molecule has 0 saturated carbocycles. The van der Waals surface area contributed by atoms with Gasteiger partial charge in [-0.2, -0.15) is 0 Å². The van der Waals surface area contributed by atoms with Crippen molar-refractivity contribution in [1.82, 2.24) is 10.3 Å². The molecule has 0 fully saturated rings. The molecular weight excluding hydrogens is 332 g/mol. The number of amides is 1. The zero-order chi connectivity index (χ0) is 17.9. The lowest BCUT2D eigenvalue weighted by Crippen LogP contribution is -2.44. The van der Waals surface area contributed by atoms with E-state index in [9.17, 15) is 14.7 Å². The highest BCUT2D eigenvalue weighted by atomic mass is 35.5. The number of hydrogen-bond acceptors (Lipinski definition) is 4. The molecule has 7 heteroatoms. The van der Waals surface area contributed by atoms with Gasteiger partial charge in [0.15, 0.2) is 0 Å². The Kier molecular flexibility index (Phi) is 5.29. The highest BCUT2D eigenvalue weighted by Gasteiger charge is 2.25. The minimum Gasteiger partial charge on any atom is -0.480 e. The molecule has 1 heterocycles. The summed E-state index contributed by atoms with van der Waals surface area (Å²) in [6.45, 7) is 5.10. The Morgan fingerprint density at radius 1 is 1.33 bits per heavy atom. The number of para-hydroxylation sites is 1. The van der Waals surface area contributed by atoms with Gasteiger partial charge in [-0.05, 0) is 38.5 Å². The molecule has 2 N–H and O–H groups in total. The number of carbonyl (C=O) groups is 2. The van der Waals surface area contributed by atoms with Gasteiger partial charge in [0.05, 0.1) is 5.52 Å². The van der Waals surface area contributed by atoms with E-state index < -0.39 is 23.7 Å². The Hall–Kier alpha value is -2.34. The van der Waals surface area contributed by atoms with Gasteiger partial charge in [0.25, 0.3) is 0 Å². The second-order valence-electron chi connectivity index (χ2n) is 6.37. The van der Waals surface area contributed by atoms with Crippen LogP contribution < -0.4 is 5.32 Å². The van der Waals surface area contributed by atoms with Gasteiger partial charge in [0.1, 0.15) is 16.8 Å². The van der Waals surface area contributed by atoms with Crippen LogP contribution in [0.2, 0.25) is 5.15 Å². The number of aromatic nitrogens is 1. The number of alkyl carbamates (subject to hydrolysis) is 1. The quantitative estimate of drug-likeness (QED) is 0.825. The molecule has 2 rings (SSSR count). The van der Waals surface area contributed by atoms with Crippen LogP contribution in [0.5, 0.6) is 0 Å². The minimum atomic E-state index is -1.18. The molecule has 0 bridgehead atoms. The lowest BCUT2D eigenvalue weighted by molar-refractivity contribution is -0.139. The van der Waals surface area contributed by atoms with Crippen molar-refractivity contribution >= 4 is 34.6 Å². The van der Waals surface area contributed by atoms with E-state index in [4.69, 9.17) is 16.3 Å². The fourth-order valence-corrected chi connectivity index (χ4v) is 2.37. The van der Waals surface area contributed by atoms with Crippen molar-refractivity contribution in [2.75, 3.05) is 0 Å². The number of halogens is 1. The second-order valence-corrected chi connectivity index (χ2v) is 6.73. The number of nitrogens with one attached hydrogen (secondary N) is 1. The Labute approximate surface area is 144 Å². The highest BCUT2D eigenvalue weighted by Crippen LogP contribution is 2.22. The Bertz CT molecular complexity index is 771. The van der Waals surface area contributed by atoms with Crippen LogP contribution in [-0.4, -0.2) is 33.8 Å². The van der Waals surface area contributed by atoms with Crippen LogP contribution >= 0.6 is 11.6 Å². The molecule has 1 atom stereocenters. The Morgan fingerprint density at radius 3 is 2.62 bits per heavy atom. The topological polar surface area (TPSA) is 88.5 Å². The molecule has 0 spiro atoms. The summed E-state index contributed by atoms with van der Waals surface area (Å²) in [6.07, 6.45) is -0.787. The van der Waals surface area contributed by atoms with E-state index >= 15 is 0 Å². The summed E-state index contributed by atoms with van der Waals surface area (Å²) in [6, 6.07) is 7.99. The van der Waals surface area contributed by atoms with E-state index in [1.165, 1.54) is 0 Å². The van der Waals surface area contributed by atoms with E-state index in [0.29, 0.717) is 5.56 Å². The van der Waals surface area contributed by atoms with Gasteiger partial charge < -0.3 is 15.2 Å². The van der Waals surface area contributed by atoms with Crippen LogP contribution in [0.4, 0.5) is 4.79 Å². The molecule has 128 valence electrons. The van der Waals surface area contributed by atoms with Gasteiger partial charge in [-0.3, -0.25) is 0 Å². The fourth-order valence-electron chi connectivity index (χ4n) is 2.15. The monoisotopic (exact) mass is 350 g/mol. The van der Waals surface area contributed by atoms with Gasteiger partial charge >= 0.3 is 12.1 Å². The molecule has 0 aliphatic heterocycles. The predicted octanol–water partition coefficient (Wildman–Crippen LogP) is 3.41. The number of benzene rings is 1. The van der Waals surface area contributed by atoms with Crippen molar-refractivity contribution in [3.05, 3.63) is 41.0 Å². The number of nitrogens with zero attached hydrogens (tertiary/aromatic N) is 1. The summed E-state index contributed by atoms with van der Waals surface area (Å²) in [5, 5.41) is 12.8. The number of ether oxygens (including phenoxy) is 1. The van der Waals surface area contributed by atoms with Crippen LogP contribution in [0.3, 0.4) is 0 Å². The maximum Gasteiger partial charge on any atom is 0.408 e. The SMILES string of the molecule is CC(C)(C)OC(=O)N[C@H](Cc1cc2ccccc2nc1Cl)C(=O)O. The normalized spacial score (nSPS) is 12.7. The molecule has 0 radical (unpaired) electrons. The van der Waals surface area contributed by atoms with Gasteiger partial charge in [0, 0.05) is 11.8 Å². The molecular formula is C17H19ClN2O4. The summed E-state index contributed by atoms with van der Waals surface area (Å²) in [5.41, 5.74) is 0.548. The number of rotatable bonds is 4. The number of aliphatic carboxylic acids is 1. The van der Waals surface area contributed by atoms with E-state index in [2.05, 4.69) is 10.3 Å². The zero-order valence-corrected chi connectivity index (χ0v) is 14.4. The van der Waals surface area contributed by atoms with Crippen LogP contribution in [0.25, 0.3) is 10.9 Å². The number of carbonyl (C=O) groups excluding carboxylic acids is 1. The van der Waals surface area contributed by atoms with Crippen molar-refractivity contribution in [3.63, 3.8) is 0 Å². The average molecular weight is 351 g/mol. The summed E-state index contributed by atoms with van der Waals surface area (Å²) in [7, 11) is 0. The Morgan fingerprint density at radius 2 is 2.00 bits per heavy atom. The van der Waals surface area contributed by atoms with Gasteiger partial charge in [-0.15, -0.1) is 0 Å². The molecule has 0 aliphatic carbocycles. The number of fused-ring (bicyclic) bond motifs is 1. The van der Waals surface area contributed by atoms with Crippen molar-refractivity contribution in [2.45, 2.75) is 38.8 Å². The summed E-state index contributed by atoms with van der Waals surface area (Å²) >= 11 is 6.15. The molecule has 0 aliphatic rings. The van der Waals surface area contributed by atoms with Gasteiger partial charge in [0.2, 0.25) is 0 Å². The van der Waals surface area contributed by atoms with E-state index in [1.54, 1.807) is 26.8 Å². The lowest BCUT2D eigenvalue weighted by atomic mass is 10.1. The van der Waals surface area contributed by atoms with Gasteiger partial charge in [-0.1, -0.05) is 29.8 Å². The predicted molar refractivity (Wildman–Crippen MR) is 91.3 cm³/mol. The van der Waals surface area contributed by atoms with Crippen LogP contribution in [-0.2, 0) is 16.0 Å². The first kappa shape index (κ1) is 18.0. The summed E-state index contributed by atoms with van der Waals surface area (Å²) in [4.78, 5) is 27.5. The third kappa shape index (κ3) is 4.83. The van der Waals surface area contributed by atoms with Gasteiger partial charge in [-0.25, -0.2) is 14.6 Å². The molecule has 1 amide bonds. The summed E-state index contributed by atoms with van der Waals surface area (Å²) in [5.74, 6) is -1.18. The van der Waals surface area contributed by atoms with Crippen molar-refractivity contribution in [3.8, 4) is 0 Å². The molecule has 24 heavy (non-hydrogen) atoms. The third-order valence-corrected chi connectivity index (χ3v) is 3.49. The lowest BCUT2D eigenvalue weighted by Gasteiger charge is -2.22. The van der Waals surface area contributed by atoms with Crippen molar-refractivity contribution in [2.24, 2.45) is 0 Å². The van der Waals surface area contributed by atoms with E-state index in [0.717, 1.165) is 10.9 Å².